The van der Waals surface area contributed by atoms with Gasteiger partial charge in [-0.25, -0.2) is 0 Å². The molecule has 5 heteroatoms. The summed E-state index contributed by atoms with van der Waals surface area (Å²) in [5, 5.41) is 13.5. The fraction of sp³-hybridized carbons (Fsp3) is 0.188. The fourth-order valence-corrected chi connectivity index (χ4v) is 2.43. The summed E-state index contributed by atoms with van der Waals surface area (Å²) in [5.41, 5.74) is 1.20. The minimum atomic E-state index is -0.604. The van der Waals surface area contributed by atoms with Gasteiger partial charge in [-0.1, -0.05) is 53.5 Å². The minimum absolute atomic E-state index is 0.281. The molecule has 2 N–H and O–H groups in total. The summed E-state index contributed by atoms with van der Waals surface area (Å²) >= 11 is 11.8. The maximum Gasteiger partial charge on any atom is 0.252 e. The van der Waals surface area contributed by atoms with Crippen molar-refractivity contribution in [3.05, 3.63) is 69.7 Å². The zero-order valence-electron chi connectivity index (χ0n) is 11.2. The number of aliphatic hydroxyl groups excluding tert-OH is 1. The highest BCUT2D eigenvalue weighted by Gasteiger charge is 2.12. The molecule has 0 aliphatic heterocycles. The van der Waals surface area contributed by atoms with Crippen molar-refractivity contribution in [3.8, 4) is 0 Å². The molecule has 0 heterocycles. The van der Waals surface area contributed by atoms with E-state index in [0.717, 1.165) is 5.56 Å². The lowest BCUT2D eigenvalue weighted by Crippen LogP contribution is -2.25. The number of rotatable bonds is 5. The molecule has 0 saturated carbocycles. The molecule has 3 nitrogen and oxygen atoms in total. The highest BCUT2D eigenvalue weighted by molar-refractivity contribution is 6.36. The van der Waals surface area contributed by atoms with E-state index in [9.17, 15) is 9.90 Å². The van der Waals surface area contributed by atoms with Crippen LogP contribution in [0.3, 0.4) is 0 Å². The molecule has 1 amide bonds. The predicted octanol–water partition coefficient (Wildman–Crippen LogP) is 3.85. The standard InChI is InChI=1S/C16H15Cl2NO2/c17-12-6-7-13(14(18)10-12)16(21)19-9-8-15(20)11-4-2-1-3-5-11/h1-7,10,15,20H,8-9H2,(H,19,21). The van der Waals surface area contributed by atoms with E-state index in [1.807, 2.05) is 30.3 Å². The van der Waals surface area contributed by atoms with Crippen molar-refractivity contribution in [2.24, 2.45) is 0 Å². The molecule has 0 radical (unpaired) electrons. The van der Waals surface area contributed by atoms with E-state index in [2.05, 4.69) is 5.32 Å². The van der Waals surface area contributed by atoms with E-state index >= 15 is 0 Å². The van der Waals surface area contributed by atoms with E-state index in [-0.39, 0.29) is 5.91 Å². The Morgan fingerprint density at radius 3 is 2.52 bits per heavy atom. The molecule has 2 aromatic rings. The summed E-state index contributed by atoms with van der Waals surface area (Å²) in [6.45, 7) is 0.355. The molecule has 2 aromatic carbocycles. The Hall–Kier alpha value is -1.55. The van der Waals surface area contributed by atoms with Gasteiger partial charge in [-0.05, 0) is 30.2 Å². The van der Waals surface area contributed by atoms with Gasteiger partial charge < -0.3 is 10.4 Å². The highest BCUT2D eigenvalue weighted by Crippen LogP contribution is 2.21. The lowest BCUT2D eigenvalue weighted by Gasteiger charge is -2.12. The Kier molecular flexibility index (Phi) is 5.62. The molecule has 0 bridgehead atoms. The van der Waals surface area contributed by atoms with Crippen LogP contribution >= 0.6 is 23.2 Å². The van der Waals surface area contributed by atoms with Crippen LogP contribution in [-0.2, 0) is 0 Å². The Bertz CT molecular complexity index is 617. The quantitative estimate of drug-likeness (QED) is 0.878. The van der Waals surface area contributed by atoms with Gasteiger partial charge in [-0.15, -0.1) is 0 Å². The molecule has 21 heavy (non-hydrogen) atoms. The molecule has 0 aromatic heterocycles. The molecule has 0 aliphatic carbocycles. The number of halogens is 2. The SMILES string of the molecule is O=C(NCCC(O)c1ccccc1)c1ccc(Cl)cc1Cl. The summed E-state index contributed by atoms with van der Waals surface area (Å²) in [6.07, 6.45) is -0.173. The Morgan fingerprint density at radius 1 is 1.14 bits per heavy atom. The number of nitrogens with one attached hydrogen (secondary N) is 1. The van der Waals surface area contributed by atoms with E-state index in [0.29, 0.717) is 28.6 Å². The van der Waals surface area contributed by atoms with Crippen LogP contribution in [0.15, 0.2) is 48.5 Å². The summed E-state index contributed by atoms with van der Waals surface area (Å²) in [6, 6.07) is 14.0. The first-order valence-corrected chi connectivity index (χ1v) is 7.30. The van der Waals surface area contributed by atoms with Crippen LogP contribution in [0, 0.1) is 0 Å². The van der Waals surface area contributed by atoms with E-state index in [1.54, 1.807) is 12.1 Å². The largest absolute Gasteiger partial charge is 0.388 e. The maximum absolute atomic E-state index is 12.0. The van der Waals surface area contributed by atoms with Gasteiger partial charge in [0.1, 0.15) is 0 Å². The van der Waals surface area contributed by atoms with Crippen LogP contribution in [0.4, 0.5) is 0 Å². The van der Waals surface area contributed by atoms with Gasteiger partial charge in [0.15, 0.2) is 0 Å². The van der Waals surface area contributed by atoms with Crippen LogP contribution in [0.1, 0.15) is 28.4 Å². The summed E-state index contributed by atoms with van der Waals surface area (Å²) in [4.78, 5) is 12.0. The third-order valence-corrected chi connectivity index (χ3v) is 3.61. The number of hydrogen-bond acceptors (Lipinski definition) is 2. The van der Waals surface area contributed by atoms with Gasteiger partial charge in [0, 0.05) is 11.6 Å². The number of carbonyl (C=O) groups is 1. The minimum Gasteiger partial charge on any atom is -0.388 e. The Labute approximate surface area is 133 Å². The van der Waals surface area contributed by atoms with Crippen LogP contribution < -0.4 is 5.32 Å². The zero-order valence-corrected chi connectivity index (χ0v) is 12.7. The highest BCUT2D eigenvalue weighted by atomic mass is 35.5. The number of hydrogen-bond donors (Lipinski definition) is 2. The molecule has 2 rings (SSSR count). The lowest BCUT2D eigenvalue weighted by molar-refractivity contribution is 0.0943. The van der Waals surface area contributed by atoms with Crippen molar-refractivity contribution in [2.45, 2.75) is 12.5 Å². The average molecular weight is 324 g/mol. The van der Waals surface area contributed by atoms with Gasteiger partial charge in [-0.2, -0.15) is 0 Å². The summed E-state index contributed by atoms with van der Waals surface area (Å²) in [7, 11) is 0. The average Bonchev–Trinajstić information content (AvgIpc) is 2.47. The molecule has 0 saturated heterocycles. The molecule has 0 aliphatic rings. The van der Waals surface area contributed by atoms with Crippen molar-refractivity contribution in [2.75, 3.05) is 6.54 Å². The van der Waals surface area contributed by atoms with E-state index < -0.39 is 6.10 Å². The topological polar surface area (TPSA) is 49.3 Å². The molecule has 1 atom stereocenters. The van der Waals surface area contributed by atoms with Crippen molar-refractivity contribution < 1.29 is 9.90 Å². The van der Waals surface area contributed by atoms with Crippen LogP contribution in [0.5, 0.6) is 0 Å². The second-order valence-corrected chi connectivity index (χ2v) is 5.44. The fourth-order valence-electron chi connectivity index (χ4n) is 1.93. The first-order chi connectivity index (χ1) is 10.1. The normalized spacial score (nSPS) is 12.0. The van der Waals surface area contributed by atoms with Gasteiger partial charge in [-0.3, -0.25) is 4.79 Å². The summed E-state index contributed by atoms with van der Waals surface area (Å²) < 4.78 is 0. The molecule has 110 valence electrons. The molecule has 1 unspecified atom stereocenters. The van der Waals surface area contributed by atoms with Crippen molar-refractivity contribution in [1.82, 2.24) is 5.32 Å². The third-order valence-electron chi connectivity index (χ3n) is 3.06. The number of aliphatic hydroxyl groups is 1. The smallest absolute Gasteiger partial charge is 0.252 e. The van der Waals surface area contributed by atoms with Crippen LogP contribution in [0.25, 0.3) is 0 Å². The Morgan fingerprint density at radius 2 is 1.86 bits per heavy atom. The number of benzene rings is 2. The van der Waals surface area contributed by atoms with Gasteiger partial charge in [0.05, 0.1) is 16.7 Å². The second-order valence-electron chi connectivity index (χ2n) is 4.60. The van der Waals surface area contributed by atoms with Crippen LogP contribution in [-0.4, -0.2) is 17.6 Å². The van der Waals surface area contributed by atoms with Crippen molar-refractivity contribution in [3.63, 3.8) is 0 Å². The van der Waals surface area contributed by atoms with Gasteiger partial charge in [0.2, 0.25) is 0 Å². The lowest BCUT2D eigenvalue weighted by atomic mass is 10.1. The van der Waals surface area contributed by atoms with Crippen molar-refractivity contribution >= 4 is 29.1 Å². The first kappa shape index (κ1) is 15.8. The van der Waals surface area contributed by atoms with Crippen molar-refractivity contribution in [1.29, 1.82) is 0 Å². The van der Waals surface area contributed by atoms with Gasteiger partial charge >= 0.3 is 0 Å². The third kappa shape index (κ3) is 4.46. The number of carbonyl (C=O) groups excluding carboxylic acids is 1. The molecular weight excluding hydrogens is 309 g/mol. The monoisotopic (exact) mass is 323 g/mol. The molecule has 0 spiro atoms. The second kappa shape index (κ2) is 7.46. The van der Waals surface area contributed by atoms with Crippen LogP contribution in [0.2, 0.25) is 10.0 Å². The molecule has 0 fully saturated rings. The first-order valence-electron chi connectivity index (χ1n) is 6.54. The number of amides is 1. The molecular formula is C16H15Cl2NO2. The Balaban J connectivity index is 1.87. The summed E-state index contributed by atoms with van der Waals surface area (Å²) in [5.74, 6) is -0.281. The van der Waals surface area contributed by atoms with Gasteiger partial charge in [0.25, 0.3) is 5.91 Å². The zero-order chi connectivity index (χ0) is 15.2. The van der Waals surface area contributed by atoms with E-state index in [4.69, 9.17) is 23.2 Å². The predicted molar refractivity (Wildman–Crippen MR) is 84.8 cm³/mol. The van der Waals surface area contributed by atoms with E-state index in [1.165, 1.54) is 6.07 Å². The maximum atomic E-state index is 12.0.